The van der Waals surface area contributed by atoms with Crippen LogP contribution in [-0.4, -0.2) is 30.1 Å². The third kappa shape index (κ3) is 4.59. The molecule has 2 nitrogen and oxygen atoms in total. The molecular formula is C21H27NO. The lowest BCUT2D eigenvalue weighted by molar-refractivity contribution is 0.0843. The Morgan fingerprint density at radius 1 is 0.913 bits per heavy atom. The summed E-state index contributed by atoms with van der Waals surface area (Å²) in [6.07, 6.45) is 3.60. The molecule has 2 aromatic rings. The highest BCUT2D eigenvalue weighted by Crippen LogP contribution is 2.21. The molecule has 3 rings (SSSR count). The van der Waals surface area contributed by atoms with Crippen LogP contribution in [-0.2, 0) is 6.42 Å². The molecule has 1 aliphatic heterocycles. The highest BCUT2D eigenvalue weighted by molar-refractivity contribution is 5.31. The minimum atomic E-state index is 0.366. The number of ether oxygens (including phenoxy) is 1. The average Bonchev–Trinajstić information content (AvgIpc) is 2.58. The van der Waals surface area contributed by atoms with Crippen molar-refractivity contribution < 1.29 is 4.74 Å². The fourth-order valence-corrected chi connectivity index (χ4v) is 3.22. The van der Waals surface area contributed by atoms with E-state index < -0.39 is 0 Å². The van der Waals surface area contributed by atoms with Gasteiger partial charge in [-0.1, -0.05) is 42.5 Å². The van der Waals surface area contributed by atoms with Crippen molar-refractivity contribution in [3.05, 3.63) is 65.7 Å². The highest BCUT2D eigenvalue weighted by atomic mass is 16.5. The molecule has 0 spiro atoms. The van der Waals surface area contributed by atoms with Gasteiger partial charge in [-0.2, -0.15) is 0 Å². The fraction of sp³-hybridized carbons (Fsp3) is 0.429. The van der Waals surface area contributed by atoms with E-state index in [2.05, 4.69) is 73.3 Å². The van der Waals surface area contributed by atoms with Crippen molar-refractivity contribution in [2.75, 3.05) is 13.1 Å². The molecule has 2 heteroatoms. The summed E-state index contributed by atoms with van der Waals surface area (Å²) in [5.74, 6) is 1.00. The van der Waals surface area contributed by atoms with Crippen LogP contribution in [0.3, 0.4) is 0 Å². The topological polar surface area (TPSA) is 12.5 Å². The second kappa shape index (κ2) is 7.65. The van der Waals surface area contributed by atoms with Crippen LogP contribution in [0, 0.1) is 0 Å². The van der Waals surface area contributed by atoms with Gasteiger partial charge in [0.05, 0.1) is 0 Å². The van der Waals surface area contributed by atoms with E-state index in [9.17, 15) is 0 Å². The molecule has 0 amide bonds. The molecule has 0 saturated carbocycles. The standard InChI is InChI=1S/C21H27NO/c1-17(2)22-14-12-21(13-15-22)23-20-10-8-19(9-11-20)16-18-6-4-3-5-7-18/h3-11,17,21H,12-16H2,1-2H3. The van der Waals surface area contributed by atoms with E-state index in [-0.39, 0.29) is 0 Å². The maximum Gasteiger partial charge on any atom is 0.119 e. The molecule has 1 heterocycles. The molecule has 0 radical (unpaired) electrons. The van der Waals surface area contributed by atoms with Crippen LogP contribution in [0.25, 0.3) is 0 Å². The zero-order valence-electron chi connectivity index (χ0n) is 14.2. The van der Waals surface area contributed by atoms with Crippen molar-refractivity contribution >= 4 is 0 Å². The van der Waals surface area contributed by atoms with Crippen LogP contribution in [0.2, 0.25) is 0 Å². The molecule has 0 aromatic heterocycles. The number of likely N-dealkylation sites (tertiary alicyclic amines) is 1. The summed E-state index contributed by atoms with van der Waals surface area (Å²) in [6.45, 7) is 6.84. The Bertz CT molecular complexity index is 583. The summed E-state index contributed by atoms with van der Waals surface area (Å²) in [5, 5.41) is 0. The molecule has 0 N–H and O–H groups in total. The number of nitrogens with zero attached hydrogens (tertiary/aromatic N) is 1. The van der Waals surface area contributed by atoms with E-state index in [0.29, 0.717) is 12.1 Å². The normalized spacial score (nSPS) is 16.7. The highest BCUT2D eigenvalue weighted by Gasteiger charge is 2.21. The first-order valence-electron chi connectivity index (χ1n) is 8.74. The zero-order valence-corrected chi connectivity index (χ0v) is 14.2. The molecule has 0 unspecified atom stereocenters. The molecule has 1 aliphatic rings. The maximum atomic E-state index is 6.16. The van der Waals surface area contributed by atoms with Crippen LogP contribution < -0.4 is 4.74 Å². The molecule has 0 bridgehead atoms. The fourth-order valence-electron chi connectivity index (χ4n) is 3.22. The van der Waals surface area contributed by atoms with E-state index in [1.807, 2.05) is 0 Å². The average molecular weight is 309 g/mol. The molecule has 2 aromatic carbocycles. The van der Waals surface area contributed by atoms with Crippen LogP contribution in [0.4, 0.5) is 0 Å². The van der Waals surface area contributed by atoms with Crippen molar-refractivity contribution in [3.8, 4) is 5.75 Å². The van der Waals surface area contributed by atoms with Crippen molar-refractivity contribution in [2.45, 2.75) is 45.3 Å². The molecule has 1 fully saturated rings. The minimum absolute atomic E-state index is 0.366. The Hall–Kier alpha value is -1.80. The Morgan fingerprint density at radius 2 is 1.52 bits per heavy atom. The van der Waals surface area contributed by atoms with E-state index >= 15 is 0 Å². The quantitative estimate of drug-likeness (QED) is 0.804. The Kier molecular flexibility index (Phi) is 5.35. The van der Waals surface area contributed by atoms with E-state index in [4.69, 9.17) is 4.74 Å². The first-order valence-corrected chi connectivity index (χ1v) is 8.74. The summed E-state index contributed by atoms with van der Waals surface area (Å²) >= 11 is 0. The second-order valence-electron chi connectivity index (χ2n) is 6.75. The Morgan fingerprint density at radius 3 is 2.13 bits per heavy atom. The maximum absolute atomic E-state index is 6.16. The largest absolute Gasteiger partial charge is 0.490 e. The number of hydrogen-bond donors (Lipinski definition) is 0. The first kappa shape index (κ1) is 16.1. The van der Waals surface area contributed by atoms with Gasteiger partial charge < -0.3 is 9.64 Å². The van der Waals surface area contributed by atoms with Crippen LogP contribution in [0.15, 0.2) is 54.6 Å². The monoisotopic (exact) mass is 309 g/mol. The third-order valence-electron chi connectivity index (χ3n) is 4.68. The van der Waals surface area contributed by atoms with Crippen molar-refractivity contribution in [3.63, 3.8) is 0 Å². The van der Waals surface area contributed by atoms with E-state index in [1.165, 1.54) is 11.1 Å². The van der Waals surface area contributed by atoms with Gasteiger partial charge >= 0.3 is 0 Å². The lowest BCUT2D eigenvalue weighted by atomic mass is 10.0. The van der Waals surface area contributed by atoms with Gasteiger partial charge in [-0.15, -0.1) is 0 Å². The van der Waals surface area contributed by atoms with Crippen molar-refractivity contribution in [1.29, 1.82) is 0 Å². The molecule has 122 valence electrons. The summed E-state index contributed by atoms with van der Waals surface area (Å²) in [6, 6.07) is 19.8. The van der Waals surface area contributed by atoms with E-state index in [0.717, 1.165) is 38.1 Å². The number of rotatable bonds is 5. The minimum Gasteiger partial charge on any atom is -0.490 e. The molecule has 0 atom stereocenters. The molecule has 1 saturated heterocycles. The van der Waals surface area contributed by atoms with Gasteiger partial charge in [-0.25, -0.2) is 0 Å². The van der Waals surface area contributed by atoms with Gasteiger partial charge in [0.15, 0.2) is 0 Å². The van der Waals surface area contributed by atoms with Crippen LogP contribution >= 0.6 is 0 Å². The summed E-state index contributed by atoms with van der Waals surface area (Å²) in [7, 11) is 0. The van der Waals surface area contributed by atoms with Gasteiger partial charge in [-0.05, 0) is 56.4 Å². The van der Waals surface area contributed by atoms with Gasteiger partial charge in [0.2, 0.25) is 0 Å². The van der Waals surface area contributed by atoms with Gasteiger partial charge in [0, 0.05) is 19.1 Å². The lowest BCUT2D eigenvalue weighted by Crippen LogP contribution is -2.41. The van der Waals surface area contributed by atoms with Crippen LogP contribution in [0.5, 0.6) is 5.75 Å². The van der Waals surface area contributed by atoms with Gasteiger partial charge in [0.25, 0.3) is 0 Å². The number of hydrogen-bond acceptors (Lipinski definition) is 2. The molecule has 0 aliphatic carbocycles. The summed E-state index contributed by atoms with van der Waals surface area (Å²) in [5.41, 5.74) is 2.68. The Labute approximate surface area is 140 Å². The lowest BCUT2D eigenvalue weighted by Gasteiger charge is -2.34. The second-order valence-corrected chi connectivity index (χ2v) is 6.75. The van der Waals surface area contributed by atoms with Crippen LogP contribution in [0.1, 0.15) is 37.8 Å². The molecule has 23 heavy (non-hydrogen) atoms. The smallest absolute Gasteiger partial charge is 0.119 e. The predicted molar refractivity (Wildman–Crippen MR) is 96.0 cm³/mol. The van der Waals surface area contributed by atoms with Crippen molar-refractivity contribution in [1.82, 2.24) is 4.90 Å². The summed E-state index contributed by atoms with van der Waals surface area (Å²) < 4.78 is 6.16. The Balaban J connectivity index is 1.52. The zero-order chi connectivity index (χ0) is 16.1. The van der Waals surface area contributed by atoms with Gasteiger partial charge in [-0.3, -0.25) is 0 Å². The van der Waals surface area contributed by atoms with Crippen molar-refractivity contribution in [2.24, 2.45) is 0 Å². The molecular weight excluding hydrogens is 282 g/mol. The number of benzene rings is 2. The van der Waals surface area contributed by atoms with E-state index in [1.54, 1.807) is 0 Å². The third-order valence-corrected chi connectivity index (χ3v) is 4.68. The number of piperidine rings is 1. The predicted octanol–water partition coefficient (Wildman–Crippen LogP) is 4.53. The summed E-state index contributed by atoms with van der Waals surface area (Å²) in [4.78, 5) is 2.53. The first-order chi connectivity index (χ1) is 11.2. The SMILES string of the molecule is CC(C)N1CCC(Oc2ccc(Cc3ccccc3)cc2)CC1. The van der Waals surface area contributed by atoms with Gasteiger partial charge in [0.1, 0.15) is 11.9 Å².